The van der Waals surface area contributed by atoms with Crippen molar-refractivity contribution in [3.8, 4) is 0 Å². The van der Waals surface area contributed by atoms with Gasteiger partial charge in [0.2, 0.25) is 0 Å². The molecule has 18 heavy (non-hydrogen) atoms. The van der Waals surface area contributed by atoms with Crippen LogP contribution in [0.2, 0.25) is 0 Å². The van der Waals surface area contributed by atoms with Gasteiger partial charge in [-0.1, -0.05) is 0 Å². The fourth-order valence-corrected chi connectivity index (χ4v) is 2.92. The minimum Gasteiger partial charge on any atom is -0.365 e. The summed E-state index contributed by atoms with van der Waals surface area (Å²) in [5, 5.41) is 4.56. The Hall–Kier alpha value is -1.69. The summed E-state index contributed by atoms with van der Waals surface area (Å²) in [6.45, 7) is 4.13. The Labute approximate surface area is 110 Å². The number of thiazole rings is 1. The van der Waals surface area contributed by atoms with E-state index in [1.807, 2.05) is 12.3 Å². The molecule has 6 heteroatoms. The summed E-state index contributed by atoms with van der Waals surface area (Å²) in [4.78, 5) is 16.1. The van der Waals surface area contributed by atoms with Gasteiger partial charge in [-0.05, 0) is 19.4 Å². The maximum Gasteiger partial charge on any atom is 0.185 e. The molecule has 0 spiro atoms. The van der Waals surface area contributed by atoms with Gasteiger partial charge < -0.3 is 10.2 Å². The number of rotatable bonds is 3. The van der Waals surface area contributed by atoms with Gasteiger partial charge in [0.25, 0.3) is 0 Å². The number of anilines is 2. The molecule has 3 rings (SSSR count). The largest absolute Gasteiger partial charge is 0.365 e. The van der Waals surface area contributed by atoms with Crippen molar-refractivity contribution >= 4 is 22.3 Å². The highest BCUT2D eigenvalue weighted by atomic mass is 32.1. The normalized spacial score (nSPS) is 19.2. The van der Waals surface area contributed by atoms with Crippen molar-refractivity contribution in [1.29, 1.82) is 0 Å². The van der Waals surface area contributed by atoms with Crippen LogP contribution in [0.1, 0.15) is 11.3 Å². The first kappa shape index (κ1) is 11.4. The molecule has 2 aromatic rings. The van der Waals surface area contributed by atoms with Gasteiger partial charge in [0, 0.05) is 36.4 Å². The molecule has 1 unspecified atom stereocenters. The molecule has 1 aliphatic heterocycles. The van der Waals surface area contributed by atoms with Gasteiger partial charge in [0.15, 0.2) is 5.13 Å². The van der Waals surface area contributed by atoms with Gasteiger partial charge in [-0.25, -0.2) is 15.0 Å². The Morgan fingerprint density at radius 3 is 3.11 bits per heavy atom. The summed E-state index contributed by atoms with van der Waals surface area (Å²) in [5.41, 5.74) is 0. The van der Waals surface area contributed by atoms with E-state index in [4.69, 9.17) is 0 Å². The number of nitrogens with zero attached hydrogens (tertiary/aromatic N) is 4. The summed E-state index contributed by atoms with van der Waals surface area (Å²) in [6, 6.07) is 2.33. The highest BCUT2D eigenvalue weighted by Gasteiger charge is 2.24. The highest BCUT2D eigenvalue weighted by molar-refractivity contribution is 7.15. The minimum atomic E-state index is 0.434. The van der Waals surface area contributed by atoms with Gasteiger partial charge in [-0.15, -0.1) is 11.3 Å². The van der Waals surface area contributed by atoms with Gasteiger partial charge in [0.1, 0.15) is 12.1 Å². The highest BCUT2D eigenvalue weighted by Crippen LogP contribution is 2.26. The van der Waals surface area contributed by atoms with Gasteiger partial charge in [-0.3, -0.25) is 0 Å². The standard InChI is InChI=1S/C12H15N5S/c1-9-6-14-12(18-9)17-5-3-10(7-17)16-11-2-4-13-8-15-11/h2,4,6,8,10H,3,5,7H2,1H3,(H,13,15,16). The lowest BCUT2D eigenvalue weighted by atomic mass is 10.2. The van der Waals surface area contributed by atoms with Crippen LogP contribution < -0.4 is 10.2 Å². The molecule has 1 aliphatic rings. The molecule has 1 N–H and O–H groups in total. The first-order valence-electron chi connectivity index (χ1n) is 6.01. The van der Waals surface area contributed by atoms with E-state index in [9.17, 15) is 0 Å². The van der Waals surface area contributed by atoms with Crippen molar-refractivity contribution in [2.75, 3.05) is 23.3 Å². The second-order valence-corrected chi connectivity index (χ2v) is 5.64. The summed E-state index contributed by atoms with van der Waals surface area (Å²) >= 11 is 1.75. The van der Waals surface area contributed by atoms with Crippen LogP contribution in [0, 0.1) is 6.92 Å². The zero-order chi connectivity index (χ0) is 12.4. The lowest BCUT2D eigenvalue weighted by Crippen LogP contribution is -2.26. The quantitative estimate of drug-likeness (QED) is 0.915. The average Bonchev–Trinajstić information content (AvgIpc) is 2.99. The molecule has 1 atom stereocenters. The Kier molecular flexibility index (Phi) is 3.10. The van der Waals surface area contributed by atoms with E-state index >= 15 is 0 Å². The SMILES string of the molecule is Cc1cnc(N2CCC(Nc3ccncn3)C2)s1. The van der Waals surface area contributed by atoms with Crippen molar-refractivity contribution in [3.63, 3.8) is 0 Å². The van der Waals surface area contributed by atoms with Crippen LogP contribution in [-0.2, 0) is 0 Å². The van der Waals surface area contributed by atoms with Crippen molar-refractivity contribution < 1.29 is 0 Å². The van der Waals surface area contributed by atoms with E-state index < -0.39 is 0 Å². The third kappa shape index (κ3) is 2.43. The van der Waals surface area contributed by atoms with E-state index in [0.29, 0.717) is 6.04 Å². The van der Waals surface area contributed by atoms with Crippen molar-refractivity contribution in [2.24, 2.45) is 0 Å². The van der Waals surface area contributed by atoms with Gasteiger partial charge >= 0.3 is 0 Å². The van der Waals surface area contributed by atoms with Crippen LogP contribution >= 0.6 is 11.3 Å². The van der Waals surface area contributed by atoms with Gasteiger partial charge in [0.05, 0.1) is 0 Å². The van der Waals surface area contributed by atoms with Gasteiger partial charge in [-0.2, -0.15) is 0 Å². The van der Waals surface area contributed by atoms with Crippen LogP contribution in [0.5, 0.6) is 0 Å². The second-order valence-electron chi connectivity index (χ2n) is 4.42. The maximum absolute atomic E-state index is 4.43. The lowest BCUT2D eigenvalue weighted by molar-refractivity contribution is 0.799. The van der Waals surface area contributed by atoms with Crippen molar-refractivity contribution in [2.45, 2.75) is 19.4 Å². The number of aryl methyl sites for hydroxylation is 1. The summed E-state index contributed by atoms with van der Waals surface area (Å²) < 4.78 is 0. The molecule has 0 bridgehead atoms. The Morgan fingerprint density at radius 1 is 1.44 bits per heavy atom. The monoisotopic (exact) mass is 261 g/mol. The lowest BCUT2D eigenvalue weighted by Gasteiger charge is -2.15. The van der Waals surface area contributed by atoms with Crippen LogP contribution in [0.25, 0.3) is 0 Å². The number of nitrogens with one attached hydrogen (secondary N) is 1. The Balaban J connectivity index is 1.62. The Morgan fingerprint density at radius 2 is 2.39 bits per heavy atom. The number of hydrogen-bond acceptors (Lipinski definition) is 6. The van der Waals surface area contributed by atoms with Crippen LogP contribution in [-0.4, -0.2) is 34.1 Å². The van der Waals surface area contributed by atoms with E-state index in [1.54, 1.807) is 23.9 Å². The van der Waals surface area contributed by atoms with Crippen molar-refractivity contribution in [1.82, 2.24) is 15.0 Å². The molecular weight excluding hydrogens is 246 g/mol. The molecule has 1 saturated heterocycles. The fraction of sp³-hybridized carbons (Fsp3) is 0.417. The smallest absolute Gasteiger partial charge is 0.185 e. The summed E-state index contributed by atoms with van der Waals surface area (Å²) in [5.74, 6) is 0.896. The molecule has 0 amide bonds. The first-order valence-corrected chi connectivity index (χ1v) is 6.83. The van der Waals surface area contributed by atoms with Crippen molar-refractivity contribution in [3.05, 3.63) is 29.7 Å². The molecule has 0 aliphatic carbocycles. The molecule has 94 valence electrons. The first-order chi connectivity index (χ1) is 8.81. The van der Waals surface area contributed by atoms with Crippen LogP contribution in [0.4, 0.5) is 10.9 Å². The number of hydrogen-bond donors (Lipinski definition) is 1. The zero-order valence-electron chi connectivity index (χ0n) is 10.2. The predicted molar refractivity (Wildman–Crippen MR) is 73.1 cm³/mol. The molecule has 5 nitrogen and oxygen atoms in total. The Bertz CT molecular complexity index is 512. The summed E-state index contributed by atoms with van der Waals surface area (Å²) in [7, 11) is 0. The predicted octanol–water partition coefficient (Wildman–Crippen LogP) is 1.93. The molecule has 0 radical (unpaired) electrons. The minimum absolute atomic E-state index is 0.434. The molecule has 0 saturated carbocycles. The molecule has 2 aromatic heterocycles. The third-order valence-corrected chi connectivity index (χ3v) is 3.98. The van der Waals surface area contributed by atoms with E-state index in [0.717, 1.165) is 30.5 Å². The van der Waals surface area contributed by atoms with E-state index in [-0.39, 0.29) is 0 Å². The molecular formula is C12H15N5S. The number of aromatic nitrogens is 3. The van der Waals surface area contributed by atoms with Crippen LogP contribution in [0.3, 0.4) is 0 Å². The summed E-state index contributed by atoms with van der Waals surface area (Å²) in [6.07, 6.45) is 6.37. The molecule has 3 heterocycles. The fourth-order valence-electron chi connectivity index (χ4n) is 2.13. The zero-order valence-corrected chi connectivity index (χ0v) is 11.0. The molecule has 1 fully saturated rings. The van der Waals surface area contributed by atoms with Crippen LogP contribution in [0.15, 0.2) is 24.8 Å². The van der Waals surface area contributed by atoms with E-state index in [1.165, 1.54) is 4.88 Å². The average molecular weight is 261 g/mol. The van der Waals surface area contributed by atoms with E-state index in [2.05, 4.69) is 32.1 Å². The third-order valence-electron chi connectivity index (χ3n) is 3.00. The topological polar surface area (TPSA) is 53.9 Å². The second kappa shape index (κ2) is 4.89. The maximum atomic E-state index is 4.43. The molecule has 0 aromatic carbocycles.